The lowest BCUT2D eigenvalue weighted by atomic mass is 9.97. The first kappa shape index (κ1) is 17.8. The highest BCUT2D eigenvalue weighted by Gasteiger charge is 2.18. The van der Waals surface area contributed by atoms with Gasteiger partial charge in [-0.2, -0.15) is 0 Å². The summed E-state index contributed by atoms with van der Waals surface area (Å²) in [6, 6.07) is 19.1. The summed E-state index contributed by atoms with van der Waals surface area (Å²) in [7, 11) is 0. The first-order valence-electron chi connectivity index (χ1n) is 9.27. The van der Waals surface area contributed by atoms with Crippen LogP contribution in [0, 0.1) is 0 Å². The summed E-state index contributed by atoms with van der Waals surface area (Å²) in [4.78, 5) is 25.7. The number of hydrogen-bond donors (Lipinski definition) is 1. The third-order valence-corrected chi connectivity index (χ3v) is 4.73. The van der Waals surface area contributed by atoms with Crippen LogP contribution >= 0.6 is 0 Å². The van der Waals surface area contributed by atoms with Gasteiger partial charge in [0.05, 0.1) is 17.3 Å². The van der Waals surface area contributed by atoms with Crippen LogP contribution in [0.5, 0.6) is 0 Å². The highest BCUT2D eigenvalue weighted by Crippen LogP contribution is 2.30. The lowest BCUT2D eigenvalue weighted by Gasteiger charge is -2.20. The van der Waals surface area contributed by atoms with Crippen LogP contribution in [0.4, 0.5) is 0 Å². The molecule has 0 saturated carbocycles. The minimum Gasteiger partial charge on any atom is -0.345 e. The van der Waals surface area contributed by atoms with E-state index >= 15 is 0 Å². The van der Waals surface area contributed by atoms with Crippen LogP contribution in [-0.2, 0) is 0 Å². The van der Waals surface area contributed by atoms with Gasteiger partial charge in [0.2, 0.25) is 0 Å². The number of carbonyl (C=O) groups is 1. The number of fused-ring (bicyclic) bond motifs is 1. The van der Waals surface area contributed by atoms with Crippen molar-refractivity contribution in [3.8, 4) is 11.3 Å². The van der Waals surface area contributed by atoms with Gasteiger partial charge in [0.15, 0.2) is 0 Å². The van der Waals surface area contributed by atoms with Gasteiger partial charge in [0, 0.05) is 28.9 Å². The second-order valence-corrected chi connectivity index (χ2v) is 6.54. The molecule has 0 aliphatic heterocycles. The number of pyridine rings is 1. The molecule has 2 aromatic carbocycles. The first-order valence-corrected chi connectivity index (χ1v) is 9.27. The number of amides is 1. The van der Waals surface area contributed by atoms with Gasteiger partial charge >= 0.3 is 0 Å². The van der Waals surface area contributed by atoms with Crippen molar-refractivity contribution in [3.63, 3.8) is 0 Å². The highest BCUT2D eigenvalue weighted by molar-refractivity contribution is 5.95. The molecular formula is C23H20N4O. The summed E-state index contributed by atoms with van der Waals surface area (Å²) in [5.41, 5.74) is 4.21. The molecule has 138 valence electrons. The Hall–Kier alpha value is -3.60. The van der Waals surface area contributed by atoms with Gasteiger partial charge in [-0.3, -0.25) is 4.79 Å². The van der Waals surface area contributed by atoms with Crippen LogP contribution in [0.15, 0.2) is 79.4 Å². The predicted octanol–water partition coefficient (Wildman–Crippen LogP) is 4.57. The maximum atomic E-state index is 12.7. The Morgan fingerprint density at radius 1 is 1.00 bits per heavy atom. The lowest BCUT2D eigenvalue weighted by molar-refractivity contribution is 0.0936. The van der Waals surface area contributed by atoms with Gasteiger partial charge in [-0.05, 0) is 36.2 Å². The van der Waals surface area contributed by atoms with E-state index in [1.165, 1.54) is 6.33 Å². The van der Waals surface area contributed by atoms with Crippen LogP contribution in [0.25, 0.3) is 22.2 Å². The Balaban J connectivity index is 1.78. The zero-order valence-corrected chi connectivity index (χ0v) is 15.5. The van der Waals surface area contributed by atoms with Crippen LogP contribution in [0.1, 0.15) is 35.3 Å². The predicted molar refractivity (Wildman–Crippen MR) is 110 cm³/mol. The molecule has 0 bridgehead atoms. The van der Waals surface area contributed by atoms with Crippen molar-refractivity contribution in [1.82, 2.24) is 20.3 Å². The molecule has 2 heterocycles. The Kier molecular flexibility index (Phi) is 5.06. The van der Waals surface area contributed by atoms with Crippen LogP contribution in [-0.4, -0.2) is 20.9 Å². The Morgan fingerprint density at radius 3 is 2.46 bits per heavy atom. The van der Waals surface area contributed by atoms with E-state index in [9.17, 15) is 4.79 Å². The van der Waals surface area contributed by atoms with E-state index in [0.717, 1.165) is 34.1 Å². The molecule has 1 N–H and O–H groups in total. The number of nitrogens with zero attached hydrogens (tertiary/aromatic N) is 3. The number of carbonyl (C=O) groups excluding carboxylic acids is 1. The molecule has 0 radical (unpaired) electrons. The minimum atomic E-state index is -0.135. The normalized spacial score (nSPS) is 11.9. The highest BCUT2D eigenvalue weighted by atomic mass is 16.1. The maximum absolute atomic E-state index is 12.7. The summed E-state index contributed by atoms with van der Waals surface area (Å²) in [5.74, 6) is -0.0852. The quantitative estimate of drug-likeness (QED) is 0.560. The molecule has 28 heavy (non-hydrogen) atoms. The van der Waals surface area contributed by atoms with Crippen molar-refractivity contribution < 1.29 is 4.79 Å². The van der Waals surface area contributed by atoms with Crippen LogP contribution in [0.3, 0.4) is 0 Å². The molecule has 5 heteroatoms. The molecule has 0 fully saturated rings. The van der Waals surface area contributed by atoms with E-state index in [4.69, 9.17) is 4.98 Å². The zero-order chi connectivity index (χ0) is 19.3. The van der Waals surface area contributed by atoms with Crippen molar-refractivity contribution in [1.29, 1.82) is 0 Å². The average molecular weight is 368 g/mol. The number of aromatic nitrogens is 3. The topological polar surface area (TPSA) is 67.8 Å². The molecule has 5 nitrogen and oxygen atoms in total. The molecule has 1 amide bonds. The summed E-state index contributed by atoms with van der Waals surface area (Å²) >= 11 is 0. The number of hydrogen-bond acceptors (Lipinski definition) is 4. The van der Waals surface area contributed by atoms with E-state index in [0.29, 0.717) is 5.56 Å². The minimum absolute atomic E-state index is 0.0852. The van der Waals surface area contributed by atoms with Gasteiger partial charge in [-0.1, -0.05) is 43.3 Å². The third kappa shape index (κ3) is 3.60. The molecule has 1 atom stereocenters. The fourth-order valence-electron chi connectivity index (χ4n) is 3.30. The maximum Gasteiger partial charge on any atom is 0.251 e. The molecule has 0 saturated heterocycles. The fourth-order valence-corrected chi connectivity index (χ4v) is 3.30. The second kappa shape index (κ2) is 7.96. The van der Waals surface area contributed by atoms with Gasteiger partial charge < -0.3 is 5.32 Å². The van der Waals surface area contributed by atoms with E-state index in [1.807, 2.05) is 60.7 Å². The largest absolute Gasteiger partial charge is 0.345 e. The van der Waals surface area contributed by atoms with Crippen molar-refractivity contribution in [2.75, 3.05) is 0 Å². The standard InChI is InChI=1S/C23H20N4O/c1-2-20(27-23(28)16-8-4-3-5-9-16)19-12-22(17-13-24-15-25-14-17)26-21-11-7-6-10-18(19)21/h3-15,20H,2H2,1H3,(H,27,28). The molecule has 1 unspecified atom stereocenters. The average Bonchev–Trinajstić information content (AvgIpc) is 2.78. The smallest absolute Gasteiger partial charge is 0.251 e. The molecule has 0 aliphatic rings. The van der Waals surface area contributed by atoms with Crippen LogP contribution in [0.2, 0.25) is 0 Å². The number of benzene rings is 2. The van der Waals surface area contributed by atoms with Gasteiger partial charge in [0.1, 0.15) is 6.33 Å². The number of para-hydroxylation sites is 1. The van der Waals surface area contributed by atoms with Crippen molar-refractivity contribution in [2.45, 2.75) is 19.4 Å². The molecule has 4 rings (SSSR count). The zero-order valence-electron chi connectivity index (χ0n) is 15.5. The summed E-state index contributed by atoms with van der Waals surface area (Å²) in [6.45, 7) is 2.07. The van der Waals surface area contributed by atoms with Gasteiger partial charge in [-0.15, -0.1) is 0 Å². The van der Waals surface area contributed by atoms with Gasteiger partial charge in [-0.25, -0.2) is 15.0 Å². The molecule has 0 spiro atoms. The lowest BCUT2D eigenvalue weighted by Crippen LogP contribution is -2.28. The number of nitrogens with one attached hydrogen (secondary N) is 1. The third-order valence-electron chi connectivity index (χ3n) is 4.73. The summed E-state index contributed by atoms with van der Waals surface area (Å²) < 4.78 is 0. The van der Waals surface area contributed by atoms with E-state index in [1.54, 1.807) is 12.4 Å². The Bertz CT molecular complexity index is 1100. The van der Waals surface area contributed by atoms with E-state index in [-0.39, 0.29) is 11.9 Å². The first-order chi connectivity index (χ1) is 13.8. The molecule has 2 aromatic heterocycles. The van der Waals surface area contributed by atoms with Crippen molar-refractivity contribution in [2.24, 2.45) is 0 Å². The molecule has 0 aliphatic carbocycles. The Labute approximate surface area is 163 Å². The van der Waals surface area contributed by atoms with Crippen LogP contribution < -0.4 is 5.32 Å². The van der Waals surface area contributed by atoms with E-state index in [2.05, 4.69) is 22.2 Å². The molecule has 4 aromatic rings. The van der Waals surface area contributed by atoms with Crippen molar-refractivity contribution in [3.05, 3.63) is 90.5 Å². The fraction of sp³-hybridized carbons (Fsp3) is 0.130. The summed E-state index contributed by atoms with van der Waals surface area (Å²) in [5, 5.41) is 4.20. The number of rotatable bonds is 5. The summed E-state index contributed by atoms with van der Waals surface area (Å²) in [6.07, 6.45) is 5.76. The van der Waals surface area contributed by atoms with Gasteiger partial charge in [0.25, 0.3) is 5.91 Å². The van der Waals surface area contributed by atoms with Crippen molar-refractivity contribution >= 4 is 16.8 Å². The SMILES string of the molecule is CCC(NC(=O)c1ccccc1)c1cc(-c2cncnc2)nc2ccccc12. The van der Waals surface area contributed by atoms with E-state index < -0.39 is 0 Å². The monoisotopic (exact) mass is 368 g/mol. The molecular weight excluding hydrogens is 348 g/mol. The Morgan fingerprint density at radius 2 is 1.71 bits per heavy atom. The second-order valence-electron chi connectivity index (χ2n) is 6.54.